The SMILES string of the molecule is CCCCCCCOC(OCc1ccccc1)C(C)O. The molecule has 114 valence electrons. The number of rotatable bonds is 11. The van der Waals surface area contributed by atoms with Gasteiger partial charge in [0.2, 0.25) is 0 Å². The molecule has 2 atom stereocenters. The van der Waals surface area contributed by atoms with Gasteiger partial charge in [0.15, 0.2) is 6.29 Å². The highest BCUT2D eigenvalue weighted by molar-refractivity contribution is 5.13. The summed E-state index contributed by atoms with van der Waals surface area (Å²) in [7, 11) is 0. The van der Waals surface area contributed by atoms with Crippen LogP contribution >= 0.6 is 0 Å². The van der Waals surface area contributed by atoms with Gasteiger partial charge in [0.25, 0.3) is 0 Å². The molecule has 0 fully saturated rings. The van der Waals surface area contributed by atoms with Gasteiger partial charge in [0.05, 0.1) is 6.61 Å². The van der Waals surface area contributed by atoms with Gasteiger partial charge < -0.3 is 14.6 Å². The van der Waals surface area contributed by atoms with Crippen LogP contribution in [0, 0.1) is 0 Å². The van der Waals surface area contributed by atoms with Crippen molar-refractivity contribution in [3.05, 3.63) is 35.9 Å². The lowest BCUT2D eigenvalue weighted by Crippen LogP contribution is -2.29. The maximum atomic E-state index is 9.68. The topological polar surface area (TPSA) is 38.7 Å². The number of aliphatic hydroxyl groups excluding tert-OH is 1. The molecule has 2 unspecified atom stereocenters. The van der Waals surface area contributed by atoms with Gasteiger partial charge in [-0.1, -0.05) is 62.9 Å². The molecular weight excluding hydrogens is 252 g/mol. The van der Waals surface area contributed by atoms with E-state index in [9.17, 15) is 5.11 Å². The van der Waals surface area contributed by atoms with Gasteiger partial charge in [-0.2, -0.15) is 0 Å². The fraction of sp³-hybridized carbons (Fsp3) is 0.647. The molecule has 1 N–H and O–H groups in total. The van der Waals surface area contributed by atoms with Gasteiger partial charge in [0.1, 0.15) is 6.10 Å². The first-order valence-corrected chi connectivity index (χ1v) is 7.69. The number of aliphatic hydroxyl groups is 1. The van der Waals surface area contributed by atoms with Crippen molar-refractivity contribution in [2.24, 2.45) is 0 Å². The van der Waals surface area contributed by atoms with E-state index in [1.54, 1.807) is 6.92 Å². The molecule has 0 saturated carbocycles. The van der Waals surface area contributed by atoms with Gasteiger partial charge in [-0.25, -0.2) is 0 Å². The molecule has 20 heavy (non-hydrogen) atoms. The van der Waals surface area contributed by atoms with Crippen molar-refractivity contribution in [1.29, 1.82) is 0 Å². The second-order valence-corrected chi connectivity index (χ2v) is 5.19. The van der Waals surface area contributed by atoms with Crippen LogP contribution in [-0.2, 0) is 16.1 Å². The summed E-state index contributed by atoms with van der Waals surface area (Å²) in [5.74, 6) is 0. The van der Waals surface area contributed by atoms with Crippen molar-refractivity contribution in [3.63, 3.8) is 0 Å². The van der Waals surface area contributed by atoms with Gasteiger partial charge >= 0.3 is 0 Å². The van der Waals surface area contributed by atoms with E-state index >= 15 is 0 Å². The molecule has 0 radical (unpaired) electrons. The lowest BCUT2D eigenvalue weighted by atomic mass is 10.2. The first-order chi connectivity index (χ1) is 9.74. The largest absolute Gasteiger partial charge is 0.388 e. The summed E-state index contributed by atoms with van der Waals surface area (Å²) in [5.41, 5.74) is 1.09. The van der Waals surface area contributed by atoms with Gasteiger partial charge in [0, 0.05) is 6.61 Å². The standard InChI is InChI=1S/C17H28O3/c1-3-4-5-6-10-13-19-17(15(2)18)20-14-16-11-8-7-9-12-16/h7-9,11-12,15,17-18H,3-6,10,13-14H2,1-2H3. The second kappa shape index (κ2) is 10.8. The molecule has 3 heteroatoms. The Bertz CT molecular complexity index is 324. The first-order valence-electron chi connectivity index (χ1n) is 7.69. The first kappa shape index (κ1) is 17.2. The van der Waals surface area contributed by atoms with Gasteiger partial charge in [-0.15, -0.1) is 0 Å². The molecule has 0 amide bonds. The van der Waals surface area contributed by atoms with E-state index < -0.39 is 12.4 Å². The molecule has 0 aromatic heterocycles. The smallest absolute Gasteiger partial charge is 0.183 e. The van der Waals surface area contributed by atoms with Crippen LogP contribution in [0.3, 0.4) is 0 Å². The van der Waals surface area contributed by atoms with Crippen molar-refractivity contribution < 1.29 is 14.6 Å². The fourth-order valence-electron chi connectivity index (χ4n) is 1.98. The van der Waals surface area contributed by atoms with E-state index in [4.69, 9.17) is 9.47 Å². The summed E-state index contributed by atoms with van der Waals surface area (Å²) in [6.45, 7) is 5.02. The molecule has 0 saturated heterocycles. The summed E-state index contributed by atoms with van der Waals surface area (Å²) >= 11 is 0. The van der Waals surface area contributed by atoms with E-state index in [1.165, 1.54) is 25.7 Å². The normalized spacial score (nSPS) is 14.2. The number of hydrogen-bond donors (Lipinski definition) is 1. The second-order valence-electron chi connectivity index (χ2n) is 5.19. The van der Waals surface area contributed by atoms with Crippen LogP contribution in [-0.4, -0.2) is 24.1 Å². The molecule has 1 rings (SSSR count). The van der Waals surface area contributed by atoms with Crippen molar-refractivity contribution in [2.75, 3.05) is 6.61 Å². The number of ether oxygens (including phenoxy) is 2. The lowest BCUT2D eigenvalue weighted by molar-refractivity contribution is -0.196. The van der Waals surface area contributed by atoms with E-state index in [-0.39, 0.29) is 0 Å². The molecule has 3 nitrogen and oxygen atoms in total. The molecule has 0 aliphatic heterocycles. The predicted octanol–water partition coefficient (Wildman–Crippen LogP) is 3.90. The van der Waals surface area contributed by atoms with E-state index in [1.807, 2.05) is 30.3 Å². The van der Waals surface area contributed by atoms with Gasteiger partial charge in [-0.05, 0) is 18.9 Å². The maximum absolute atomic E-state index is 9.68. The Labute approximate surface area is 122 Å². The summed E-state index contributed by atoms with van der Waals surface area (Å²) in [4.78, 5) is 0. The Kier molecular flexibility index (Phi) is 9.29. The summed E-state index contributed by atoms with van der Waals surface area (Å²) < 4.78 is 11.3. The Morgan fingerprint density at radius 1 is 1.00 bits per heavy atom. The zero-order valence-corrected chi connectivity index (χ0v) is 12.8. The molecule has 0 bridgehead atoms. The average Bonchev–Trinajstić information content (AvgIpc) is 2.46. The van der Waals surface area contributed by atoms with Crippen molar-refractivity contribution >= 4 is 0 Å². The summed E-state index contributed by atoms with van der Waals surface area (Å²) in [6, 6.07) is 9.94. The van der Waals surface area contributed by atoms with Crippen molar-refractivity contribution in [2.45, 2.75) is 65.0 Å². The van der Waals surface area contributed by atoms with E-state index in [0.717, 1.165) is 12.0 Å². The Balaban J connectivity index is 2.20. The molecular formula is C17H28O3. The Hall–Kier alpha value is -0.900. The number of hydrogen-bond acceptors (Lipinski definition) is 3. The predicted molar refractivity (Wildman–Crippen MR) is 81.4 cm³/mol. The quantitative estimate of drug-likeness (QED) is 0.493. The zero-order chi connectivity index (χ0) is 14.6. The van der Waals surface area contributed by atoms with Crippen LogP contribution in [0.5, 0.6) is 0 Å². The Morgan fingerprint density at radius 2 is 1.70 bits per heavy atom. The van der Waals surface area contributed by atoms with Crippen molar-refractivity contribution in [1.82, 2.24) is 0 Å². The highest BCUT2D eigenvalue weighted by Gasteiger charge is 2.15. The highest BCUT2D eigenvalue weighted by Crippen LogP contribution is 2.09. The maximum Gasteiger partial charge on any atom is 0.183 e. The highest BCUT2D eigenvalue weighted by atomic mass is 16.7. The van der Waals surface area contributed by atoms with Crippen molar-refractivity contribution in [3.8, 4) is 0 Å². The lowest BCUT2D eigenvalue weighted by Gasteiger charge is -2.21. The third-order valence-corrected chi connectivity index (χ3v) is 3.18. The number of benzene rings is 1. The van der Waals surface area contributed by atoms with Crippen LogP contribution in [0.2, 0.25) is 0 Å². The minimum absolute atomic E-state index is 0.465. The molecule has 0 heterocycles. The van der Waals surface area contributed by atoms with Crippen LogP contribution < -0.4 is 0 Å². The van der Waals surface area contributed by atoms with Crippen LogP contribution in [0.1, 0.15) is 51.5 Å². The van der Waals surface area contributed by atoms with Crippen LogP contribution in [0.25, 0.3) is 0 Å². The summed E-state index contributed by atoms with van der Waals surface area (Å²) in [6.07, 6.45) is 4.83. The minimum Gasteiger partial charge on any atom is -0.388 e. The zero-order valence-electron chi connectivity index (χ0n) is 12.8. The summed E-state index contributed by atoms with van der Waals surface area (Å²) in [5, 5.41) is 9.68. The number of unbranched alkanes of at least 4 members (excludes halogenated alkanes) is 4. The fourth-order valence-corrected chi connectivity index (χ4v) is 1.98. The molecule has 0 aliphatic rings. The van der Waals surface area contributed by atoms with E-state index in [0.29, 0.717) is 13.2 Å². The third kappa shape index (κ3) is 7.63. The molecule has 0 aliphatic carbocycles. The van der Waals surface area contributed by atoms with Crippen LogP contribution in [0.4, 0.5) is 0 Å². The van der Waals surface area contributed by atoms with Gasteiger partial charge in [-0.3, -0.25) is 0 Å². The molecule has 1 aromatic carbocycles. The third-order valence-electron chi connectivity index (χ3n) is 3.18. The average molecular weight is 280 g/mol. The van der Waals surface area contributed by atoms with E-state index in [2.05, 4.69) is 6.92 Å². The molecule has 0 spiro atoms. The Morgan fingerprint density at radius 3 is 2.35 bits per heavy atom. The van der Waals surface area contributed by atoms with Crippen LogP contribution in [0.15, 0.2) is 30.3 Å². The minimum atomic E-state index is -0.616. The monoisotopic (exact) mass is 280 g/mol. The molecule has 1 aromatic rings.